The lowest BCUT2D eigenvalue weighted by atomic mass is 10.00. The minimum absolute atomic E-state index is 0.504. The van der Waals surface area contributed by atoms with Gasteiger partial charge in [0, 0.05) is 11.8 Å². The number of hydrogen-bond donors (Lipinski definition) is 1. The molecule has 0 radical (unpaired) electrons. The normalized spacial score (nSPS) is 10.8. The highest BCUT2D eigenvalue weighted by molar-refractivity contribution is 5.67. The molecule has 0 spiro atoms. The molecule has 1 aromatic carbocycles. The van der Waals surface area contributed by atoms with Gasteiger partial charge >= 0.3 is 0 Å². The molecule has 1 N–H and O–H groups in total. The Balaban J connectivity index is 2.47. The van der Waals surface area contributed by atoms with E-state index in [1.807, 2.05) is 6.07 Å². The lowest BCUT2D eigenvalue weighted by Crippen LogP contribution is -1.93. The van der Waals surface area contributed by atoms with Crippen LogP contribution in [0.1, 0.15) is 25.3 Å². The van der Waals surface area contributed by atoms with Crippen molar-refractivity contribution in [2.24, 2.45) is 0 Å². The Morgan fingerprint density at radius 2 is 2.06 bits per heavy atom. The maximum Gasteiger partial charge on any atom is 0.128 e. The summed E-state index contributed by atoms with van der Waals surface area (Å²) in [5.74, 6) is 1.39. The second-order valence-corrected chi connectivity index (χ2v) is 4.08. The van der Waals surface area contributed by atoms with Crippen molar-refractivity contribution in [1.29, 1.82) is 0 Å². The van der Waals surface area contributed by atoms with Crippen LogP contribution in [-0.2, 0) is 0 Å². The van der Waals surface area contributed by atoms with Gasteiger partial charge in [0.25, 0.3) is 0 Å². The van der Waals surface area contributed by atoms with Crippen molar-refractivity contribution in [2.75, 3.05) is 7.11 Å². The molecule has 0 atom stereocenters. The summed E-state index contributed by atoms with van der Waals surface area (Å²) in [5.41, 5.74) is 3.30. The fourth-order valence-electron chi connectivity index (χ4n) is 1.70. The van der Waals surface area contributed by atoms with Crippen LogP contribution >= 0.6 is 0 Å². The molecular formula is C13H16N2O. The number of hydrogen-bond acceptors (Lipinski definition) is 2. The summed E-state index contributed by atoms with van der Waals surface area (Å²) >= 11 is 0. The average molecular weight is 216 g/mol. The molecule has 1 aromatic heterocycles. The number of methoxy groups -OCH3 is 1. The maximum absolute atomic E-state index is 5.41. The minimum Gasteiger partial charge on any atom is -0.496 e. The van der Waals surface area contributed by atoms with Crippen LogP contribution in [0.4, 0.5) is 0 Å². The van der Waals surface area contributed by atoms with Crippen LogP contribution in [0.15, 0.2) is 30.5 Å². The highest BCUT2D eigenvalue weighted by atomic mass is 16.5. The molecule has 3 heteroatoms. The smallest absolute Gasteiger partial charge is 0.128 e. The number of H-pyrrole nitrogens is 1. The van der Waals surface area contributed by atoms with Gasteiger partial charge in [0.2, 0.25) is 0 Å². The zero-order chi connectivity index (χ0) is 11.5. The molecule has 84 valence electrons. The number of rotatable bonds is 3. The Hall–Kier alpha value is -1.77. The van der Waals surface area contributed by atoms with Gasteiger partial charge in [-0.05, 0) is 29.7 Å². The van der Waals surface area contributed by atoms with Crippen LogP contribution in [0.5, 0.6) is 5.75 Å². The van der Waals surface area contributed by atoms with Gasteiger partial charge in [-0.1, -0.05) is 19.9 Å². The molecule has 0 saturated heterocycles. The molecule has 0 bridgehead atoms. The number of ether oxygens (including phenoxy) is 1. The molecular weight excluding hydrogens is 200 g/mol. The monoisotopic (exact) mass is 216 g/mol. The quantitative estimate of drug-likeness (QED) is 0.855. The van der Waals surface area contributed by atoms with Gasteiger partial charge in [0.05, 0.1) is 12.8 Å². The summed E-state index contributed by atoms with van der Waals surface area (Å²) in [5, 5.41) is 6.90. The molecule has 16 heavy (non-hydrogen) atoms. The lowest BCUT2D eigenvalue weighted by Gasteiger charge is -2.11. The third-order valence-corrected chi connectivity index (χ3v) is 2.68. The van der Waals surface area contributed by atoms with Crippen molar-refractivity contribution < 1.29 is 4.74 Å². The first-order chi connectivity index (χ1) is 7.72. The second kappa shape index (κ2) is 4.39. The van der Waals surface area contributed by atoms with E-state index in [9.17, 15) is 0 Å². The number of nitrogens with zero attached hydrogens (tertiary/aromatic N) is 1. The Morgan fingerprint density at radius 3 is 2.62 bits per heavy atom. The van der Waals surface area contributed by atoms with Gasteiger partial charge in [-0.2, -0.15) is 5.10 Å². The number of benzene rings is 1. The highest BCUT2D eigenvalue weighted by Gasteiger charge is 2.09. The van der Waals surface area contributed by atoms with Gasteiger partial charge in [0.1, 0.15) is 5.75 Å². The van der Waals surface area contributed by atoms with Crippen LogP contribution in [0.25, 0.3) is 11.3 Å². The van der Waals surface area contributed by atoms with Crippen LogP contribution in [0.2, 0.25) is 0 Å². The molecule has 2 rings (SSSR count). The highest BCUT2D eigenvalue weighted by Crippen LogP contribution is 2.31. The van der Waals surface area contributed by atoms with E-state index < -0.39 is 0 Å². The average Bonchev–Trinajstić information content (AvgIpc) is 2.81. The fraction of sp³-hybridized carbons (Fsp3) is 0.308. The first-order valence-electron chi connectivity index (χ1n) is 5.40. The Kier molecular flexibility index (Phi) is 2.95. The SMILES string of the molecule is COc1cc(C(C)C)ccc1-c1ccn[nH]1. The van der Waals surface area contributed by atoms with Crippen molar-refractivity contribution in [1.82, 2.24) is 10.2 Å². The molecule has 3 nitrogen and oxygen atoms in total. The summed E-state index contributed by atoms with van der Waals surface area (Å²) in [6.07, 6.45) is 1.74. The lowest BCUT2D eigenvalue weighted by molar-refractivity contribution is 0.415. The molecule has 0 fully saturated rings. The first kappa shape index (κ1) is 10.7. The predicted molar refractivity (Wildman–Crippen MR) is 64.7 cm³/mol. The largest absolute Gasteiger partial charge is 0.496 e. The van der Waals surface area contributed by atoms with Gasteiger partial charge in [-0.3, -0.25) is 5.10 Å². The summed E-state index contributed by atoms with van der Waals surface area (Å²) in [6, 6.07) is 8.22. The van der Waals surface area contributed by atoms with E-state index in [1.165, 1.54) is 5.56 Å². The third kappa shape index (κ3) is 1.94. The van der Waals surface area contributed by atoms with Gasteiger partial charge in [-0.25, -0.2) is 0 Å². The fourth-order valence-corrected chi connectivity index (χ4v) is 1.70. The third-order valence-electron chi connectivity index (χ3n) is 2.68. The van der Waals surface area contributed by atoms with Crippen LogP contribution in [0, 0.1) is 0 Å². The van der Waals surface area contributed by atoms with Gasteiger partial charge < -0.3 is 4.74 Å². The van der Waals surface area contributed by atoms with Crippen molar-refractivity contribution in [3.63, 3.8) is 0 Å². The molecule has 0 aliphatic carbocycles. The molecule has 0 aliphatic rings. The molecule has 0 aliphatic heterocycles. The van der Waals surface area contributed by atoms with Crippen molar-refractivity contribution in [2.45, 2.75) is 19.8 Å². The second-order valence-electron chi connectivity index (χ2n) is 4.08. The summed E-state index contributed by atoms with van der Waals surface area (Å²) in [7, 11) is 1.69. The summed E-state index contributed by atoms with van der Waals surface area (Å²) in [6.45, 7) is 4.34. The predicted octanol–water partition coefficient (Wildman–Crippen LogP) is 3.21. The zero-order valence-corrected chi connectivity index (χ0v) is 9.82. The van der Waals surface area contributed by atoms with E-state index in [-0.39, 0.29) is 0 Å². The number of aromatic nitrogens is 2. The molecule has 0 unspecified atom stereocenters. The van der Waals surface area contributed by atoms with Crippen molar-refractivity contribution >= 4 is 0 Å². The summed E-state index contributed by atoms with van der Waals surface area (Å²) < 4.78 is 5.41. The molecule has 2 aromatic rings. The topological polar surface area (TPSA) is 37.9 Å². The number of nitrogens with one attached hydrogen (secondary N) is 1. The Bertz CT molecular complexity index is 461. The van der Waals surface area contributed by atoms with Crippen LogP contribution in [-0.4, -0.2) is 17.3 Å². The zero-order valence-electron chi connectivity index (χ0n) is 9.82. The van der Waals surface area contributed by atoms with E-state index in [0.29, 0.717) is 5.92 Å². The summed E-state index contributed by atoms with van der Waals surface area (Å²) in [4.78, 5) is 0. The van der Waals surface area contributed by atoms with E-state index in [0.717, 1.165) is 17.0 Å². The van der Waals surface area contributed by atoms with Gasteiger partial charge in [-0.15, -0.1) is 0 Å². The van der Waals surface area contributed by atoms with Crippen molar-refractivity contribution in [3.05, 3.63) is 36.0 Å². The Morgan fingerprint density at radius 1 is 1.25 bits per heavy atom. The Labute approximate surface area is 95.5 Å². The van der Waals surface area contributed by atoms with E-state index in [1.54, 1.807) is 13.3 Å². The van der Waals surface area contributed by atoms with Crippen LogP contribution < -0.4 is 4.74 Å². The van der Waals surface area contributed by atoms with Crippen LogP contribution in [0.3, 0.4) is 0 Å². The first-order valence-corrected chi connectivity index (χ1v) is 5.40. The van der Waals surface area contributed by atoms with Crippen molar-refractivity contribution in [3.8, 4) is 17.0 Å². The molecule has 0 saturated carbocycles. The van der Waals surface area contributed by atoms with E-state index in [2.05, 4.69) is 42.2 Å². The minimum atomic E-state index is 0.504. The molecule has 1 heterocycles. The standard InChI is InChI=1S/C13H16N2O/c1-9(2)10-4-5-11(13(8-10)16-3)12-6-7-14-15-12/h4-9H,1-3H3,(H,14,15). The molecule has 0 amide bonds. The van der Waals surface area contributed by atoms with Gasteiger partial charge in [0.15, 0.2) is 0 Å². The maximum atomic E-state index is 5.41. The number of aromatic amines is 1. The van der Waals surface area contributed by atoms with E-state index in [4.69, 9.17) is 4.74 Å². The van der Waals surface area contributed by atoms with E-state index >= 15 is 0 Å².